The van der Waals surface area contributed by atoms with Crippen LogP contribution in [0.2, 0.25) is 0 Å². The van der Waals surface area contributed by atoms with Crippen molar-refractivity contribution in [3.05, 3.63) is 0 Å². The van der Waals surface area contributed by atoms with E-state index in [2.05, 4.69) is 13.8 Å². The van der Waals surface area contributed by atoms with Crippen molar-refractivity contribution < 1.29 is 23.4 Å². The highest BCUT2D eigenvalue weighted by atomic mass is 19.4. The molecule has 0 aliphatic heterocycles. The summed E-state index contributed by atoms with van der Waals surface area (Å²) in [6.07, 6.45) is 12.1. The lowest BCUT2D eigenvalue weighted by Gasteiger charge is -2.62. The number of fused-ring (bicyclic) bond motifs is 5. The van der Waals surface area contributed by atoms with Crippen molar-refractivity contribution in [1.82, 2.24) is 0 Å². The Bertz CT molecular complexity index is 748. The summed E-state index contributed by atoms with van der Waals surface area (Å²) in [6.45, 7) is 4.80. The molecule has 5 heteroatoms. The van der Waals surface area contributed by atoms with Gasteiger partial charge in [0.2, 0.25) is 0 Å². The maximum atomic E-state index is 13.6. The maximum absolute atomic E-state index is 13.6. The van der Waals surface area contributed by atoms with Gasteiger partial charge in [-0.05, 0) is 130 Å². The van der Waals surface area contributed by atoms with E-state index in [9.17, 15) is 23.4 Å². The molecule has 2 N–H and O–H groups in total. The molecule has 9 unspecified atom stereocenters. The summed E-state index contributed by atoms with van der Waals surface area (Å²) in [7, 11) is 0. The lowest BCUT2D eigenvalue weighted by molar-refractivity contribution is -0.290. The van der Waals surface area contributed by atoms with Crippen LogP contribution in [-0.4, -0.2) is 28.1 Å². The van der Waals surface area contributed by atoms with Crippen molar-refractivity contribution >= 4 is 0 Å². The third kappa shape index (κ3) is 4.51. The van der Waals surface area contributed by atoms with Crippen LogP contribution in [0.3, 0.4) is 0 Å². The fourth-order valence-electron chi connectivity index (χ4n) is 10.4. The Hall–Kier alpha value is -0.290. The molecule has 5 aliphatic carbocycles. The van der Waals surface area contributed by atoms with Crippen LogP contribution in [-0.2, 0) is 0 Å². The topological polar surface area (TPSA) is 40.5 Å². The lowest BCUT2D eigenvalue weighted by atomic mass is 9.43. The highest BCUT2D eigenvalue weighted by Gasteiger charge is 2.64. The van der Waals surface area contributed by atoms with E-state index in [0.29, 0.717) is 35.5 Å². The molecule has 5 aliphatic rings. The number of aliphatic hydroxyl groups excluding tert-OH is 1. The Kier molecular flexibility index (Phi) is 7.12. The molecule has 5 saturated carbocycles. The van der Waals surface area contributed by atoms with Gasteiger partial charge in [0, 0.05) is 0 Å². The van der Waals surface area contributed by atoms with Crippen molar-refractivity contribution in [2.75, 3.05) is 0 Å². The van der Waals surface area contributed by atoms with Gasteiger partial charge >= 0.3 is 6.18 Å². The minimum Gasteiger partial charge on any atom is -0.393 e. The summed E-state index contributed by atoms with van der Waals surface area (Å²) in [5, 5.41) is 21.2. The lowest BCUT2D eigenvalue weighted by Crippen LogP contribution is -2.59. The zero-order valence-electron chi connectivity index (χ0n) is 22.1. The van der Waals surface area contributed by atoms with Crippen molar-refractivity contribution in [3.63, 3.8) is 0 Å². The van der Waals surface area contributed by atoms with Crippen molar-refractivity contribution in [3.8, 4) is 0 Å². The van der Waals surface area contributed by atoms with Gasteiger partial charge in [0.05, 0.1) is 6.10 Å². The molecule has 0 aromatic carbocycles. The third-order valence-electron chi connectivity index (χ3n) is 12.7. The standard InChI is InChI=1S/C30H49F3O2/c1-27-16-15-25-23(13-11-22-19-29(35,30(31,32)33)18-17-28(22,25)2)24(27)14-12-21(27)9-6-10-26(34)20-7-4-3-5-8-20/h20-26,34-35H,3-19H2,1-2H3. The Labute approximate surface area is 210 Å². The summed E-state index contributed by atoms with van der Waals surface area (Å²) in [5.41, 5.74) is -2.17. The summed E-state index contributed by atoms with van der Waals surface area (Å²) in [4.78, 5) is 0. The number of hydrogen-bond donors (Lipinski definition) is 2. The van der Waals surface area contributed by atoms with E-state index < -0.39 is 11.8 Å². The second-order valence-electron chi connectivity index (χ2n) is 14.1. The van der Waals surface area contributed by atoms with E-state index in [1.54, 1.807) is 0 Å². The van der Waals surface area contributed by atoms with Gasteiger partial charge in [-0.15, -0.1) is 0 Å². The minimum atomic E-state index is -4.51. The Balaban J connectivity index is 1.20. The number of aliphatic hydroxyl groups is 2. The average Bonchev–Trinajstić information content (AvgIpc) is 3.16. The van der Waals surface area contributed by atoms with Crippen LogP contribution in [0.1, 0.15) is 123 Å². The Morgan fingerprint density at radius 2 is 1.54 bits per heavy atom. The minimum absolute atomic E-state index is 0.00745. The van der Waals surface area contributed by atoms with Gasteiger partial charge < -0.3 is 10.2 Å². The van der Waals surface area contributed by atoms with E-state index in [4.69, 9.17) is 0 Å². The zero-order valence-corrected chi connectivity index (χ0v) is 22.1. The van der Waals surface area contributed by atoms with Crippen molar-refractivity contribution in [1.29, 1.82) is 0 Å². The number of halogens is 3. The second kappa shape index (κ2) is 9.47. The van der Waals surface area contributed by atoms with Gasteiger partial charge in [-0.25, -0.2) is 0 Å². The van der Waals surface area contributed by atoms with Crippen LogP contribution in [0.25, 0.3) is 0 Å². The van der Waals surface area contributed by atoms with Crippen LogP contribution in [0.4, 0.5) is 13.2 Å². The molecule has 202 valence electrons. The van der Waals surface area contributed by atoms with Crippen molar-refractivity contribution in [2.24, 2.45) is 46.3 Å². The zero-order chi connectivity index (χ0) is 25.1. The van der Waals surface area contributed by atoms with E-state index in [0.717, 1.165) is 38.0 Å². The Morgan fingerprint density at radius 1 is 0.829 bits per heavy atom. The van der Waals surface area contributed by atoms with Gasteiger partial charge in [0.15, 0.2) is 5.60 Å². The largest absolute Gasteiger partial charge is 0.417 e. The first-order chi connectivity index (χ1) is 16.5. The summed E-state index contributed by atoms with van der Waals surface area (Å²) in [6, 6.07) is 0. The fraction of sp³-hybridized carbons (Fsp3) is 1.00. The van der Waals surface area contributed by atoms with Gasteiger partial charge in [0.1, 0.15) is 0 Å². The van der Waals surface area contributed by atoms with Gasteiger partial charge in [-0.2, -0.15) is 13.2 Å². The smallest absolute Gasteiger partial charge is 0.393 e. The fourth-order valence-corrected chi connectivity index (χ4v) is 10.4. The third-order valence-corrected chi connectivity index (χ3v) is 12.7. The molecular formula is C30H49F3O2. The average molecular weight is 499 g/mol. The summed E-state index contributed by atoms with van der Waals surface area (Å²) >= 11 is 0. The first kappa shape index (κ1) is 26.3. The van der Waals surface area contributed by atoms with Crippen LogP contribution >= 0.6 is 0 Å². The molecule has 0 heterocycles. The number of alkyl halides is 3. The highest BCUT2D eigenvalue weighted by Crippen LogP contribution is 2.69. The first-order valence-electron chi connectivity index (χ1n) is 15.0. The normalized spacial score (nSPS) is 47.6. The molecule has 0 amide bonds. The first-order valence-corrected chi connectivity index (χ1v) is 15.0. The summed E-state index contributed by atoms with van der Waals surface area (Å²) < 4.78 is 40.8. The number of rotatable bonds is 5. The van der Waals surface area contributed by atoms with Crippen LogP contribution in [0.5, 0.6) is 0 Å². The molecule has 0 aromatic rings. The Morgan fingerprint density at radius 3 is 2.26 bits per heavy atom. The van der Waals surface area contributed by atoms with Crippen LogP contribution < -0.4 is 0 Å². The second-order valence-corrected chi connectivity index (χ2v) is 14.1. The predicted octanol–water partition coefficient (Wildman–Crippen LogP) is 8.05. The molecular weight excluding hydrogens is 449 g/mol. The molecule has 35 heavy (non-hydrogen) atoms. The molecule has 5 rings (SSSR count). The molecule has 5 fully saturated rings. The number of hydrogen-bond acceptors (Lipinski definition) is 2. The quantitative estimate of drug-likeness (QED) is 0.402. The molecule has 9 atom stereocenters. The molecule has 0 saturated heterocycles. The van der Waals surface area contributed by atoms with E-state index >= 15 is 0 Å². The van der Waals surface area contributed by atoms with Crippen LogP contribution in [0, 0.1) is 46.3 Å². The van der Waals surface area contributed by atoms with Gasteiger partial charge in [-0.1, -0.05) is 39.5 Å². The molecule has 0 radical (unpaired) electrons. The van der Waals surface area contributed by atoms with Crippen molar-refractivity contribution in [2.45, 2.75) is 141 Å². The SMILES string of the molecule is CC12CCC3C(CCC4CC(O)(C(F)(F)F)CCC43C)C1CCC2CCCC(O)C1CCCCC1. The van der Waals surface area contributed by atoms with E-state index in [1.165, 1.54) is 57.8 Å². The maximum Gasteiger partial charge on any atom is 0.417 e. The van der Waals surface area contributed by atoms with E-state index in [-0.39, 0.29) is 30.3 Å². The molecule has 0 bridgehead atoms. The monoisotopic (exact) mass is 498 g/mol. The van der Waals surface area contributed by atoms with Crippen LogP contribution in [0.15, 0.2) is 0 Å². The highest BCUT2D eigenvalue weighted by molar-refractivity contribution is 5.11. The van der Waals surface area contributed by atoms with E-state index in [1.807, 2.05) is 0 Å². The molecule has 0 spiro atoms. The molecule has 2 nitrogen and oxygen atoms in total. The summed E-state index contributed by atoms with van der Waals surface area (Å²) in [5.74, 6) is 3.11. The van der Waals surface area contributed by atoms with Gasteiger partial charge in [-0.3, -0.25) is 0 Å². The van der Waals surface area contributed by atoms with Gasteiger partial charge in [0.25, 0.3) is 0 Å². The molecule has 0 aromatic heterocycles. The predicted molar refractivity (Wildman–Crippen MR) is 133 cm³/mol.